The van der Waals surface area contributed by atoms with Gasteiger partial charge in [-0.05, 0) is 25.1 Å². The zero-order valence-corrected chi connectivity index (χ0v) is 10.0. The lowest BCUT2D eigenvalue weighted by Gasteiger charge is -2.14. The van der Waals surface area contributed by atoms with Gasteiger partial charge in [0.25, 0.3) is 0 Å². The first-order valence-corrected chi connectivity index (χ1v) is 5.20. The fourth-order valence-electron chi connectivity index (χ4n) is 1.24. The van der Waals surface area contributed by atoms with E-state index in [1.54, 1.807) is 20.1 Å². The summed E-state index contributed by atoms with van der Waals surface area (Å²) >= 11 is 4.74. The molecule has 88 valence electrons. The molecule has 1 atom stereocenters. The maximum absolute atomic E-state index is 13.5. The van der Waals surface area contributed by atoms with Gasteiger partial charge < -0.3 is 15.2 Å². The Labute approximate surface area is 99.3 Å². The van der Waals surface area contributed by atoms with Gasteiger partial charge in [0.1, 0.15) is 11.1 Å². The Morgan fingerprint density at radius 1 is 1.56 bits per heavy atom. The van der Waals surface area contributed by atoms with Gasteiger partial charge in [0.15, 0.2) is 11.6 Å². The molecule has 5 heteroatoms. The SMILES string of the molecule is COCC(C)Oc1ccc(C(N)=S)cc1F. The molecule has 1 aromatic rings. The largest absolute Gasteiger partial charge is 0.485 e. The van der Waals surface area contributed by atoms with Gasteiger partial charge >= 0.3 is 0 Å². The fraction of sp³-hybridized carbons (Fsp3) is 0.364. The van der Waals surface area contributed by atoms with Crippen LogP contribution in [0.25, 0.3) is 0 Å². The van der Waals surface area contributed by atoms with Crippen LogP contribution in [0.4, 0.5) is 4.39 Å². The molecule has 0 aromatic heterocycles. The Morgan fingerprint density at radius 3 is 2.75 bits per heavy atom. The van der Waals surface area contributed by atoms with Crippen LogP contribution in [0.5, 0.6) is 5.75 Å². The number of nitrogens with two attached hydrogens (primary N) is 1. The van der Waals surface area contributed by atoms with E-state index in [2.05, 4.69) is 0 Å². The van der Waals surface area contributed by atoms with Gasteiger partial charge in [0, 0.05) is 12.7 Å². The third kappa shape index (κ3) is 3.43. The summed E-state index contributed by atoms with van der Waals surface area (Å²) in [4.78, 5) is 0.162. The van der Waals surface area contributed by atoms with Crippen molar-refractivity contribution >= 4 is 17.2 Å². The molecule has 0 aliphatic rings. The number of hydrogen-bond acceptors (Lipinski definition) is 3. The van der Waals surface area contributed by atoms with Gasteiger partial charge in [-0.25, -0.2) is 4.39 Å². The van der Waals surface area contributed by atoms with Crippen molar-refractivity contribution in [3.05, 3.63) is 29.6 Å². The van der Waals surface area contributed by atoms with Crippen molar-refractivity contribution in [1.29, 1.82) is 0 Å². The summed E-state index contributed by atoms with van der Waals surface area (Å²) in [5.41, 5.74) is 5.87. The van der Waals surface area contributed by atoms with Gasteiger partial charge in [-0.1, -0.05) is 12.2 Å². The highest BCUT2D eigenvalue weighted by Crippen LogP contribution is 2.19. The summed E-state index contributed by atoms with van der Waals surface area (Å²) < 4.78 is 23.8. The molecule has 0 aliphatic carbocycles. The number of thiocarbonyl (C=S) groups is 1. The van der Waals surface area contributed by atoms with Crippen LogP contribution in [0.1, 0.15) is 12.5 Å². The molecular weight excluding hydrogens is 229 g/mol. The minimum absolute atomic E-state index is 0.162. The van der Waals surface area contributed by atoms with Gasteiger partial charge in [-0.15, -0.1) is 0 Å². The van der Waals surface area contributed by atoms with E-state index in [0.29, 0.717) is 12.2 Å². The number of halogens is 1. The lowest BCUT2D eigenvalue weighted by atomic mass is 10.2. The molecule has 0 saturated heterocycles. The highest BCUT2D eigenvalue weighted by atomic mass is 32.1. The minimum Gasteiger partial charge on any atom is -0.485 e. The summed E-state index contributed by atoms with van der Waals surface area (Å²) in [6.07, 6.45) is -0.213. The maximum atomic E-state index is 13.5. The maximum Gasteiger partial charge on any atom is 0.165 e. The molecule has 0 spiro atoms. The Kier molecular flexibility index (Phi) is 4.64. The molecule has 0 fully saturated rings. The first-order valence-electron chi connectivity index (χ1n) is 4.79. The predicted octanol–water partition coefficient (Wildman–Crippen LogP) is 1.87. The van der Waals surface area contributed by atoms with Crippen LogP contribution in [0.2, 0.25) is 0 Å². The number of benzene rings is 1. The minimum atomic E-state index is -0.478. The summed E-state index contributed by atoms with van der Waals surface area (Å²) in [7, 11) is 1.56. The zero-order valence-electron chi connectivity index (χ0n) is 9.20. The molecule has 0 aliphatic heterocycles. The van der Waals surface area contributed by atoms with Crippen LogP contribution in [0, 0.1) is 5.82 Å². The highest BCUT2D eigenvalue weighted by Gasteiger charge is 2.09. The van der Waals surface area contributed by atoms with Gasteiger partial charge in [0.05, 0.1) is 6.61 Å². The van der Waals surface area contributed by atoms with Gasteiger partial charge in [-0.3, -0.25) is 0 Å². The molecule has 16 heavy (non-hydrogen) atoms. The van der Waals surface area contributed by atoms with Crippen LogP contribution in [0.15, 0.2) is 18.2 Å². The second-order valence-electron chi connectivity index (χ2n) is 3.39. The van der Waals surface area contributed by atoms with Crippen molar-refractivity contribution in [2.75, 3.05) is 13.7 Å². The predicted molar refractivity (Wildman–Crippen MR) is 64.3 cm³/mol. The van der Waals surface area contributed by atoms with Crippen LogP contribution in [-0.4, -0.2) is 24.8 Å². The molecule has 2 N–H and O–H groups in total. The molecule has 0 amide bonds. The molecule has 0 heterocycles. The fourth-order valence-corrected chi connectivity index (χ4v) is 1.36. The molecule has 1 rings (SSSR count). The topological polar surface area (TPSA) is 44.5 Å². The van der Waals surface area contributed by atoms with Crippen molar-refractivity contribution in [2.24, 2.45) is 5.73 Å². The third-order valence-corrected chi connectivity index (χ3v) is 2.18. The van der Waals surface area contributed by atoms with Crippen LogP contribution in [0.3, 0.4) is 0 Å². The van der Waals surface area contributed by atoms with Gasteiger partial charge in [-0.2, -0.15) is 0 Å². The van der Waals surface area contributed by atoms with Crippen molar-refractivity contribution in [3.63, 3.8) is 0 Å². The smallest absolute Gasteiger partial charge is 0.165 e. The molecule has 1 unspecified atom stereocenters. The van der Waals surface area contributed by atoms with E-state index in [-0.39, 0.29) is 16.8 Å². The Balaban J connectivity index is 2.79. The summed E-state index contributed by atoms with van der Waals surface area (Å²) in [5.74, 6) is -0.308. The average Bonchev–Trinajstić information content (AvgIpc) is 2.21. The summed E-state index contributed by atoms with van der Waals surface area (Å²) in [6.45, 7) is 2.20. The van der Waals surface area contributed by atoms with Crippen molar-refractivity contribution in [3.8, 4) is 5.75 Å². The monoisotopic (exact) mass is 243 g/mol. The normalized spacial score (nSPS) is 12.2. The van der Waals surface area contributed by atoms with Crippen LogP contribution in [-0.2, 0) is 4.74 Å². The summed E-state index contributed by atoms with van der Waals surface area (Å²) in [5, 5.41) is 0. The number of methoxy groups -OCH3 is 1. The molecule has 0 bridgehead atoms. The lowest BCUT2D eigenvalue weighted by molar-refractivity contribution is 0.0893. The molecule has 1 aromatic carbocycles. The van der Waals surface area contributed by atoms with E-state index in [1.165, 1.54) is 12.1 Å². The van der Waals surface area contributed by atoms with Crippen molar-refractivity contribution < 1.29 is 13.9 Å². The quantitative estimate of drug-likeness (QED) is 0.802. The second kappa shape index (κ2) is 5.77. The Morgan fingerprint density at radius 2 is 2.25 bits per heavy atom. The molecule has 3 nitrogen and oxygen atoms in total. The van der Waals surface area contributed by atoms with Crippen LogP contribution < -0.4 is 10.5 Å². The lowest BCUT2D eigenvalue weighted by Crippen LogP contribution is -2.19. The first-order chi connectivity index (χ1) is 7.54. The Bertz CT molecular complexity index is 384. The molecule has 0 saturated carbocycles. The van der Waals surface area contributed by atoms with E-state index in [9.17, 15) is 4.39 Å². The van der Waals surface area contributed by atoms with E-state index in [4.69, 9.17) is 27.4 Å². The number of rotatable bonds is 5. The van der Waals surface area contributed by atoms with E-state index in [1.807, 2.05) is 0 Å². The zero-order chi connectivity index (χ0) is 12.1. The van der Waals surface area contributed by atoms with Gasteiger partial charge in [0.2, 0.25) is 0 Å². The number of ether oxygens (including phenoxy) is 2. The van der Waals surface area contributed by atoms with Crippen LogP contribution >= 0.6 is 12.2 Å². The average molecular weight is 243 g/mol. The summed E-state index contributed by atoms with van der Waals surface area (Å²) in [6, 6.07) is 4.40. The molecule has 0 radical (unpaired) electrons. The van der Waals surface area contributed by atoms with Crippen molar-refractivity contribution in [2.45, 2.75) is 13.0 Å². The molecular formula is C11H14FNO2S. The first kappa shape index (κ1) is 12.9. The Hall–Kier alpha value is -1.20. The standard InChI is InChI=1S/C11H14FNO2S/c1-7(6-14-2)15-10-4-3-8(11(13)16)5-9(10)12/h3-5,7H,6H2,1-2H3,(H2,13,16). The van der Waals surface area contributed by atoms with E-state index >= 15 is 0 Å². The second-order valence-corrected chi connectivity index (χ2v) is 3.83. The van der Waals surface area contributed by atoms with Crippen molar-refractivity contribution in [1.82, 2.24) is 0 Å². The van der Waals surface area contributed by atoms with E-state index < -0.39 is 5.82 Å². The van der Waals surface area contributed by atoms with E-state index in [0.717, 1.165) is 0 Å². The number of hydrogen-bond donors (Lipinski definition) is 1. The highest BCUT2D eigenvalue weighted by molar-refractivity contribution is 7.80. The third-order valence-electron chi connectivity index (χ3n) is 1.95.